The molecule has 2 saturated heterocycles. The molecule has 9 aromatic rings. The van der Waals surface area contributed by atoms with E-state index < -0.39 is 391 Å². The molecule has 0 saturated carbocycles. The second-order valence-corrected chi connectivity index (χ2v) is 29.6. The van der Waals surface area contributed by atoms with Crippen molar-refractivity contribution in [1.82, 2.24) is 0 Å². The van der Waals surface area contributed by atoms with Crippen molar-refractivity contribution in [2.24, 2.45) is 0 Å². The third-order valence-electron chi connectivity index (χ3n) is 21.3. The van der Waals surface area contributed by atoms with Crippen molar-refractivity contribution in [2.75, 3.05) is 13.2 Å². The van der Waals surface area contributed by atoms with Gasteiger partial charge in [0.2, 0.25) is 59.3 Å². The highest BCUT2D eigenvalue weighted by Crippen LogP contribution is 2.61. The summed E-state index contributed by atoms with van der Waals surface area (Å²) >= 11 is 0. The SMILES string of the molecule is O=C1O[C@H]2[C@H](OC(=O)c3cc(O)c(O)c(O)c3)O[C@@H]3COC(=O)c4cc(Oc5c(C(=O)O[C@H]6[C@H](OC(=O)c7cc(O)c(O)c(O)c7)O[C@H](COC(=O)c7cc(O)c(O)c(O)c7)[C@@H](OC(=O)c7cc(O)c(O)c(O)c7)[C@@H]6OC(=O)c6cc(O)c(O)c(O)c6)cc(O)c(O)c5O)c(O)c(O)c4-c4c(cc(O)c(O)c4O)C(=O)O[C@H]2[C@@H]3OC(=O)c2cc(O)c(O)c3c2C2C1=CC(=O)C(O)(O3)C2(O)O. The van der Waals surface area contributed by atoms with Crippen molar-refractivity contribution in [3.8, 4) is 172 Å². The molecule has 6 aliphatic rings. The summed E-state index contributed by atoms with van der Waals surface area (Å²) in [5.41, 5.74) is -16.7. The Morgan fingerprint density at radius 3 is 1.25 bits per heavy atom. The molecule has 0 aromatic heterocycles. The predicted molar refractivity (Wildman–Crippen MR) is 412 cm³/mol. The third-order valence-corrected chi connectivity index (χ3v) is 21.3. The number of aromatic hydroxyl groups is 25. The summed E-state index contributed by atoms with van der Waals surface area (Å²) in [5.74, 6) is -74.7. The number of ketones is 1. The molecule has 53 nitrogen and oxygen atoms in total. The van der Waals surface area contributed by atoms with Crippen LogP contribution in [-0.4, -0.2) is 295 Å². The zero-order valence-corrected chi connectivity index (χ0v) is 66.2. The monoisotopic (exact) mass is 1890 g/mol. The minimum Gasteiger partial charge on any atom is -0.504 e. The fourth-order valence-corrected chi connectivity index (χ4v) is 14.7. The lowest BCUT2D eigenvalue weighted by molar-refractivity contribution is -0.339. The highest BCUT2D eigenvalue weighted by molar-refractivity contribution is 6.11. The number of phenols is 25. The Labute approximate surface area is 741 Å². The summed E-state index contributed by atoms with van der Waals surface area (Å²) in [6, 6.07) is 4.59. The zero-order chi connectivity index (χ0) is 98.3. The Bertz CT molecular complexity index is 6630. The number of fused-ring (bicyclic) bond motifs is 4. The lowest BCUT2D eigenvalue weighted by Gasteiger charge is -2.49. The number of rotatable bonds is 15. The lowest BCUT2D eigenvalue weighted by atomic mass is 9.70. The Hall–Kier alpha value is -18.5. The fourth-order valence-electron chi connectivity index (χ4n) is 14.7. The smallest absolute Gasteiger partial charge is 0.342 e. The molecule has 1 aliphatic carbocycles. The van der Waals surface area contributed by atoms with Crippen LogP contribution in [0.1, 0.15) is 105 Å². The molecule has 135 heavy (non-hydrogen) atoms. The number of esters is 10. The van der Waals surface area contributed by atoms with Gasteiger partial charge in [-0.05, 0) is 78.9 Å². The summed E-state index contributed by atoms with van der Waals surface area (Å²) in [7, 11) is 0. The first-order valence-electron chi connectivity index (χ1n) is 37.5. The highest BCUT2D eigenvalue weighted by atomic mass is 16.8. The molecule has 9 aromatic carbocycles. The van der Waals surface area contributed by atoms with Gasteiger partial charge in [-0.3, -0.25) is 4.79 Å². The molecule has 6 bridgehead atoms. The summed E-state index contributed by atoms with van der Waals surface area (Å²) in [4.78, 5) is 163. The second kappa shape index (κ2) is 33.2. The van der Waals surface area contributed by atoms with Crippen molar-refractivity contribution in [3.05, 3.63) is 152 Å². The number of hydrogen-bond donors (Lipinski definition) is 28. The van der Waals surface area contributed by atoms with Crippen molar-refractivity contribution >= 4 is 65.5 Å². The molecule has 5 aliphatic heterocycles. The van der Waals surface area contributed by atoms with Gasteiger partial charge in [-0.15, -0.1) is 0 Å². The van der Waals surface area contributed by atoms with E-state index in [1.54, 1.807) is 0 Å². The normalized spacial score (nSPS) is 21.8. The number of phenolic OH excluding ortho intramolecular Hbond substituents is 25. The first-order chi connectivity index (χ1) is 63.4. The van der Waals surface area contributed by atoms with Crippen molar-refractivity contribution in [1.29, 1.82) is 0 Å². The molecule has 28 N–H and O–H groups in total. The summed E-state index contributed by atoms with van der Waals surface area (Å²) < 4.78 is 79.7. The third kappa shape index (κ3) is 15.5. The van der Waals surface area contributed by atoms with E-state index in [2.05, 4.69) is 0 Å². The molecule has 0 amide bonds. The molecule has 2 unspecified atom stereocenters. The van der Waals surface area contributed by atoms with E-state index in [1.807, 2.05) is 0 Å². The van der Waals surface area contributed by atoms with Gasteiger partial charge in [0.1, 0.15) is 31.0 Å². The van der Waals surface area contributed by atoms with Crippen LogP contribution in [0.4, 0.5) is 0 Å². The van der Waals surface area contributed by atoms with Crippen LogP contribution in [0.25, 0.3) is 11.1 Å². The van der Waals surface area contributed by atoms with E-state index in [0.717, 1.165) is 0 Å². The number of benzene rings is 9. The Morgan fingerprint density at radius 1 is 0.356 bits per heavy atom. The number of aliphatic hydroxyl groups is 3. The Kier molecular flexibility index (Phi) is 22.4. The number of cyclic esters (lactones) is 1. The van der Waals surface area contributed by atoms with E-state index in [4.69, 9.17) is 66.3 Å². The first-order valence-corrected chi connectivity index (χ1v) is 37.5. The van der Waals surface area contributed by atoms with Gasteiger partial charge in [-0.2, -0.15) is 0 Å². The van der Waals surface area contributed by atoms with Crippen LogP contribution in [0.5, 0.6) is 161 Å². The van der Waals surface area contributed by atoms with Gasteiger partial charge in [-0.25, -0.2) is 47.9 Å². The van der Waals surface area contributed by atoms with Crippen molar-refractivity contribution in [2.45, 2.75) is 78.9 Å². The average Bonchev–Trinajstić information content (AvgIpc) is 1.44. The number of carbonyl (C=O) groups excluding carboxylic acids is 11. The maximum atomic E-state index is 15.7. The minimum absolute atomic E-state index is 0.0443. The summed E-state index contributed by atoms with van der Waals surface area (Å²) in [6.45, 7) is -3.27. The van der Waals surface area contributed by atoms with Gasteiger partial charge >= 0.3 is 65.5 Å². The summed E-state index contributed by atoms with van der Waals surface area (Å²) in [6.07, 6.45) is -28.7. The maximum Gasteiger partial charge on any atom is 0.342 e. The molecular formula is C82H58O53. The van der Waals surface area contributed by atoms with E-state index in [9.17, 15) is 172 Å². The number of ether oxygens (including phenoxy) is 14. The van der Waals surface area contributed by atoms with Crippen LogP contribution >= 0.6 is 0 Å². The molecule has 0 radical (unpaired) electrons. The molecule has 53 heteroatoms. The van der Waals surface area contributed by atoms with Crippen LogP contribution in [0.15, 0.2) is 96.6 Å². The number of hydrogen-bond acceptors (Lipinski definition) is 53. The fraction of sp³-hybridized carbons (Fsp3) is 0.183. The van der Waals surface area contributed by atoms with Gasteiger partial charge in [0, 0.05) is 28.8 Å². The van der Waals surface area contributed by atoms with Crippen LogP contribution < -0.4 is 9.47 Å². The predicted octanol–water partition coefficient (Wildman–Crippen LogP) is 0.985. The molecule has 2 fully saturated rings. The Balaban J connectivity index is 0.875. The number of carbonyl (C=O) groups is 11. The second-order valence-electron chi connectivity index (χ2n) is 29.6. The molecule has 5 heterocycles. The van der Waals surface area contributed by atoms with Gasteiger partial charge in [-0.1, -0.05) is 0 Å². The van der Waals surface area contributed by atoms with E-state index in [1.165, 1.54) is 0 Å². The van der Waals surface area contributed by atoms with Gasteiger partial charge in [0.25, 0.3) is 5.79 Å². The average molecular weight is 1890 g/mol. The van der Waals surface area contributed by atoms with Crippen LogP contribution in [-0.2, 0) is 66.4 Å². The first kappa shape index (κ1) is 91.2. The molecule has 12 atom stereocenters. The molecule has 0 spiro atoms. The van der Waals surface area contributed by atoms with Crippen LogP contribution in [0, 0.1) is 0 Å². The highest BCUT2D eigenvalue weighted by Gasteiger charge is 2.71. The molecular weight excluding hydrogens is 1830 g/mol. The van der Waals surface area contributed by atoms with E-state index in [-0.39, 0.29) is 30.3 Å². The summed E-state index contributed by atoms with van der Waals surface area (Å²) in [5, 5.41) is 307. The standard InChI is InChI=1S/C82H58O53/c83-28-1-18(2-29(84)49(28)97)69(109)122-16-42-62(127-70(110)19-3-30(85)50(98)31(86)4-19)65(129-71(111)20-5-32(87)51(99)33(88)6-20)67(79(125-42)133-72(112)21-7-34(89)52(100)35(90)8-21)132-78(118)27-13-39(94)55(103)60(108)61(27)124-41-14-25-46(59(107)57(41)105)45-23(11-38(93)54(102)58(45)106)75(115)130-66-63-43(17-123-74(25)114)126-80(134-73(113)22-9-36(91)53(101)37(92)10-22)68(66)131-77(117)26-15-44(96)82(121)81(119,120)48(26)47-24(76(116)128-63)12-40(95)56(104)64(47)135-82/h1-15,42-43,48,62-63,65-68,79-80,83-95,97-108,119-121H,16-17H2/t42-,43-,48?,62-,63-,65+,66+,67-,68-,79+,80+,82?/m1/s1. The zero-order valence-electron chi connectivity index (χ0n) is 66.2. The molecule has 15 rings (SSSR count). The van der Waals surface area contributed by atoms with Crippen LogP contribution in [0.3, 0.4) is 0 Å². The van der Waals surface area contributed by atoms with E-state index in [0.29, 0.717) is 60.7 Å². The molecule has 704 valence electrons. The topological polar surface area (TPSA) is 883 Å². The van der Waals surface area contributed by atoms with E-state index >= 15 is 24.0 Å². The van der Waals surface area contributed by atoms with Crippen molar-refractivity contribution < 1.29 is 262 Å². The van der Waals surface area contributed by atoms with Gasteiger partial charge in [0.05, 0.1) is 56.0 Å². The largest absolute Gasteiger partial charge is 0.504 e. The lowest BCUT2D eigenvalue weighted by Crippen LogP contribution is -2.70. The maximum absolute atomic E-state index is 15.7. The Morgan fingerprint density at radius 2 is 0.748 bits per heavy atom. The quantitative estimate of drug-likeness (QED) is 0.0294. The van der Waals surface area contributed by atoms with Crippen molar-refractivity contribution in [3.63, 3.8) is 0 Å². The van der Waals surface area contributed by atoms with Crippen LogP contribution in [0.2, 0.25) is 0 Å². The van der Waals surface area contributed by atoms with Gasteiger partial charge < -0.3 is 209 Å². The van der Waals surface area contributed by atoms with Gasteiger partial charge in [0.15, 0.2) is 157 Å². The minimum atomic E-state index is -4.21.